The molecule has 0 aliphatic rings. The van der Waals surface area contributed by atoms with E-state index in [1.165, 1.54) is 0 Å². The Bertz CT molecular complexity index is 360. The average molecular weight is 288 g/mol. The lowest BCUT2D eigenvalue weighted by Gasteiger charge is -2.20. The van der Waals surface area contributed by atoms with Crippen LogP contribution in [-0.4, -0.2) is 40.8 Å². The molecule has 116 valence electrons. The molecule has 2 amide bonds. The lowest BCUT2D eigenvalue weighted by molar-refractivity contribution is -0.155. The Kier molecular flexibility index (Phi) is 7.02. The molecule has 0 unspecified atom stereocenters. The standard InChI is InChI=1S/C13H24N2O5/c1-8(2)14-12(19)15-9(11(17)18)6-7-10(16)20-13(3,4)5/h8-9H,6-7H2,1-5H3,(H,17,18)(H2,14,15,19)/t9-/m1/s1. The van der Waals surface area contributed by atoms with Gasteiger partial charge in [0.05, 0.1) is 0 Å². The number of rotatable bonds is 6. The molecule has 0 aliphatic carbocycles. The maximum atomic E-state index is 11.5. The van der Waals surface area contributed by atoms with E-state index in [0.29, 0.717) is 0 Å². The van der Waals surface area contributed by atoms with E-state index < -0.39 is 29.6 Å². The van der Waals surface area contributed by atoms with Gasteiger partial charge in [0, 0.05) is 12.5 Å². The summed E-state index contributed by atoms with van der Waals surface area (Å²) in [5.41, 5.74) is -0.613. The van der Waals surface area contributed by atoms with Gasteiger partial charge in [-0.25, -0.2) is 9.59 Å². The van der Waals surface area contributed by atoms with E-state index in [4.69, 9.17) is 9.84 Å². The third kappa shape index (κ3) is 9.18. The van der Waals surface area contributed by atoms with Gasteiger partial charge in [-0.05, 0) is 41.0 Å². The van der Waals surface area contributed by atoms with Crippen molar-refractivity contribution in [3.8, 4) is 0 Å². The van der Waals surface area contributed by atoms with Gasteiger partial charge in [0.1, 0.15) is 11.6 Å². The molecule has 0 aromatic rings. The lowest BCUT2D eigenvalue weighted by Crippen LogP contribution is -2.48. The number of carbonyl (C=O) groups is 3. The van der Waals surface area contributed by atoms with Gasteiger partial charge in [-0.1, -0.05) is 0 Å². The van der Waals surface area contributed by atoms with E-state index >= 15 is 0 Å². The number of ether oxygens (including phenoxy) is 1. The number of carboxylic acid groups (broad SMARTS) is 1. The molecule has 0 radical (unpaired) electrons. The Morgan fingerprint density at radius 2 is 1.70 bits per heavy atom. The number of urea groups is 1. The molecule has 0 aromatic heterocycles. The molecular weight excluding hydrogens is 264 g/mol. The van der Waals surface area contributed by atoms with E-state index in [1.54, 1.807) is 34.6 Å². The van der Waals surface area contributed by atoms with Crippen LogP contribution in [0.2, 0.25) is 0 Å². The second kappa shape index (κ2) is 7.72. The maximum Gasteiger partial charge on any atom is 0.326 e. The summed E-state index contributed by atoms with van der Waals surface area (Å²) in [4.78, 5) is 34.0. The fraction of sp³-hybridized carbons (Fsp3) is 0.769. The van der Waals surface area contributed by atoms with Gasteiger partial charge in [-0.15, -0.1) is 0 Å². The Morgan fingerprint density at radius 3 is 2.10 bits per heavy atom. The third-order valence-electron chi connectivity index (χ3n) is 2.08. The van der Waals surface area contributed by atoms with Gasteiger partial charge in [-0.3, -0.25) is 4.79 Å². The molecule has 7 nitrogen and oxygen atoms in total. The van der Waals surface area contributed by atoms with E-state index in [2.05, 4.69) is 10.6 Å². The van der Waals surface area contributed by atoms with E-state index in [1.807, 2.05) is 0 Å². The zero-order valence-corrected chi connectivity index (χ0v) is 12.6. The van der Waals surface area contributed by atoms with Crippen molar-refractivity contribution in [2.24, 2.45) is 0 Å². The van der Waals surface area contributed by atoms with E-state index in [0.717, 1.165) is 0 Å². The topological polar surface area (TPSA) is 105 Å². The summed E-state index contributed by atoms with van der Waals surface area (Å²) in [6.07, 6.45) is -0.0913. The Hall–Kier alpha value is -1.79. The molecule has 3 N–H and O–H groups in total. The highest BCUT2D eigenvalue weighted by molar-refractivity contribution is 5.83. The van der Waals surface area contributed by atoms with Gasteiger partial charge < -0.3 is 20.5 Å². The summed E-state index contributed by atoms with van der Waals surface area (Å²) in [6, 6.07) is -1.80. The number of hydrogen-bond acceptors (Lipinski definition) is 4. The number of aliphatic carboxylic acids is 1. The number of carboxylic acids is 1. The monoisotopic (exact) mass is 288 g/mol. The van der Waals surface area contributed by atoms with Crippen LogP contribution >= 0.6 is 0 Å². The summed E-state index contributed by atoms with van der Waals surface area (Å²) in [6.45, 7) is 8.71. The van der Waals surface area contributed by atoms with Crippen molar-refractivity contribution < 1.29 is 24.2 Å². The van der Waals surface area contributed by atoms with Crippen LogP contribution in [0.5, 0.6) is 0 Å². The van der Waals surface area contributed by atoms with Gasteiger partial charge >= 0.3 is 18.0 Å². The fourth-order valence-corrected chi connectivity index (χ4v) is 1.37. The summed E-state index contributed by atoms with van der Waals surface area (Å²) >= 11 is 0. The maximum absolute atomic E-state index is 11.5. The molecule has 0 aromatic carbocycles. The predicted octanol–water partition coefficient (Wildman–Crippen LogP) is 1.27. The Balaban J connectivity index is 4.32. The number of esters is 1. The smallest absolute Gasteiger partial charge is 0.326 e. The van der Waals surface area contributed by atoms with Gasteiger partial charge in [-0.2, -0.15) is 0 Å². The minimum absolute atomic E-state index is 0.0181. The Morgan fingerprint density at radius 1 is 1.15 bits per heavy atom. The molecule has 1 atom stereocenters. The summed E-state index contributed by atoms with van der Waals surface area (Å²) in [7, 11) is 0. The van der Waals surface area contributed by atoms with Crippen LogP contribution in [-0.2, 0) is 14.3 Å². The van der Waals surface area contributed by atoms with Crippen LogP contribution in [0.15, 0.2) is 0 Å². The zero-order chi connectivity index (χ0) is 15.9. The SMILES string of the molecule is CC(C)NC(=O)N[C@H](CCC(=O)OC(C)(C)C)C(=O)O. The summed E-state index contributed by atoms with van der Waals surface area (Å²) in [5.74, 6) is -1.68. The van der Waals surface area contributed by atoms with Crippen LogP contribution in [0.3, 0.4) is 0 Å². The van der Waals surface area contributed by atoms with Crippen LogP contribution in [0.4, 0.5) is 4.79 Å². The largest absolute Gasteiger partial charge is 0.480 e. The van der Waals surface area contributed by atoms with Crippen molar-refractivity contribution in [1.29, 1.82) is 0 Å². The zero-order valence-electron chi connectivity index (χ0n) is 12.6. The second-order valence-electron chi connectivity index (χ2n) is 5.79. The normalized spacial score (nSPS) is 12.7. The van der Waals surface area contributed by atoms with Crippen molar-refractivity contribution >= 4 is 18.0 Å². The molecule has 0 saturated carbocycles. The van der Waals surface area contributed by atoms with Crippen molar-refractivity contribution in [2.75, 3.05) is 0 Å². The van der Waals surface area contributed by atoms with Crippen LogP contribution in [0.1, 0.15) is 47.5 Å². The van der Waals surface area contributed by atoms with Crippen molar-refractivity contribution in [3.05, 3.63) is 0 Å². The average Bonchev–Trinajstić information content (AvgIpc) is 2.19. The molecule has 20 heavy (non-hydrogen) atoms. The first kappa shape index (κ1) is 18.2. The van der Waals surface area contributed by atoms with E-state index in [-0.39, 0.29) is 18.9 Å². The minimum atomic E-state index is -1.19. The molecule has 0 saturated heterocycles. The van der Waals surface area contributed by atoms with Crippen LogP contribution in [0.25, 0.3) is 0 Å². The number of nitrogens with one attached hydrogen (secondary N) is 2. The third-order valence-corrected chi connectivity index (χ3v) is 2.08. The molecule has 0 heterocycles. The quantitative estimate of drug-likeness (QED) is 0.638. The van der Waals surface area contributed by atoms with Crippen molar-refractivity contribution in [1.82, 2.24) is 10.6 Å². The second-order valence-corrected chi connectivity index (χ2v) is 5.79. The van der Waals surface area contributed by atoms with Crippen LogP contribution in [0, 0.1) is 0 Å². The Labute approximate surface area is 119 Å². The fourth-order valence-electron chi connectivity index (χ4n) is 1.37. The molecule has 0 aliphatic heterocycles. The van der Waals surface area contributed by atoms with Crippen LogP contribution < -0.4 is 10.6 Å². The highest BCUT2D eigenvalue weighted by Crippen LogP contribution is 2.10. The number of amides is 2. The first-order chi connectivity index (χ1) is 9.01. The molecule has 7 heteroatoms. The first-order valence-corrected chi connectivity index (χ1v) is 6.53. The number of carbonyl (C=O) groups excluding carboxylic acids is 2. The molecular formula is C13H24N2O5. The van der Waals surface area contributed by atoms with Crippen molar-refractivity contribution in [2.45, 2.75) is 65.1 Å². The molecule has 0 rings (SSSR count). The summed E-state index contributed by atoms with van der Waals surface area (Å²) in [5, 5.41) is 13.8. The van der Waals surface area contributed by atoms with Gasteiger partial charge in [0.2, 0.25) is 0 Å². The molecule has 0 fully saturated rings. The molecule has 0 spiro atoms. The predicted molar refractivity (Wildman–Crippen MR) is 73.3 cm³/mol. The lowest BCUT2D eigenvalue weighted by atomic mass is 10.1. The highest BCUT2D eigenvalue weighted by atomic mass is 16.6. The highest BCUT2D eigenvalue weighted by Gasteiger charge is 2.23. The minimum Gasteiger partial charge on any atom is -0.480 e. The first-order valence-electron chi connectivity index (χ1n) is 6.53. The molecule has 0 bridgehead atoms. The number of hydrogen-bond donors (Lipinski definition) is 3. The summed E-state index contributed by atoms with van der Waals surface area (Å²) < 4.78 is 5.08. The van der Waals surface area contributed by atoms with Gasteiger partial charge in [0.25, 0.3) is 0 Å². The van der Waals surface area contributed by atoms with E-state index in [9.17, 15) is 14.4 Å². The van der Waals surface area contributed by atoms with Crippen molar-refractivity contribution in [3.63, 3.8) is 0 Å². The van der Waals surface area contributed by atoms with Gasteiger partial charge in [0.15, 0.2) is 0 Å².